The van der Waals surface area contributed by atoms with E-state index in [0.717, 1.165) is 46.3 Å². The lowest BCUT2D eigenvalue weighted by Gasteiger charge is -2.14. The minimum Gasteiger partial charge on any atom is -0.369 e. The minimum atomic E-state index is 0.398. The molecule has 3 nitrogen and oxygen atoms in total. The zero-order valence-electron chi connectivity index (χ0n) is 12.3. The molecule has 108 valence electrons. The summed E-state index contributed by atoms with van der Waals surface area (Å²) in [6.45, 7) is 9.63. The van der Waals surface area contributed by atoms with E-state index in [1.165, 1.54) is 6.42 Å². The molecule has 0 saturated heterocycles. The standard InChI is InChI=1S/C14H24BrN3S/c1-5-7-16-14-12(15)13(10(3)4)17-11(18-14)9-19-8-6-2/h10H,5-9H2,1-4H3,(H,16,17,18). The summed E-state index contributed by atoms with van der Waals surface area (Å²) in [6.07, 6.45) is 2.28. The third kappa shape index (κ3) is 5.30. The number of thioether (sulfide) groups is 1. The van der Waals surface area contributed by atoms with Crippen LogP contribution in [0, 0.1) is 0 Å². The lowest BCUT2D eigenvalue weighted by molar-refractivity contribution is 0.790. The molecule has 0 unspecified atom stereocenters. The summed E-state index contributed by atoms with van der Waals surface area (Å²) in [5.74, 6) is 4.32. The lowest BCUT2D eigenvalue weighted by atomic mass is 10.1. The molecule has 19 heavy (non-hydrogen) atoms. The third-order valence-corrected chi connectivity index (χ3v) is 4.53. The Kier molecular flexibility index (Phi) is 7.76. The molecule has 0 fully saturated rings. The Bertz CT molecular complexity index is 397. The van der Waals surface area contributed by atoms with Crippen molar-refractivity contribution in [1.29, 1.82) is 0 Å². The van der Waals surface area contributed by atoms with Gasteiger partial charge in [0.1, 0.15) is 11.6 Å². The van der Waals surface area contributed by atoms with Gasteiger partial charge in [-0.25, -0.2) is 9.97 Å². The lowest BCUT2D eigenvalue weighted by Crippen LogP contribution is -2.09. The van der Waals surface area contributed by atoms with Gasteiger partial charge in [-0.3, -0.25) is 0 Å². The Morgan fingerprint density at radius 1 is 1.21 bits per heavy atom. The second kappa shape index (κ2) is 8.80. The van der Waals surface area contributed by atoms with Gasteiger partial charge in [-0.2, -0.15) is 11.8 Å². The maximum absolute atomic E-state index is 4.69. The monoisotopic (exact) mass is 345 g/mol. The molecule has 1 aromatic heterocycles. The first-order valence-corrected chi connectivity index (χ1v) is 8.92. The number of rotatable bonds is 8. The third-order valence-electron chi connectivity index (χ3n) is 2.59. The molecule has 0 aromatic carbocycles. The molecule has 0 radical (unpaired) electrons. The molecule has 0 aliphatic rings. The van der Waals surface area contributed by atoms with Crippen molar-refractivity contribution in [3.8, 4) is 0 Å². The van der Waals surface area contributed by atoms with E-state index in [-0.39, 0.29) is 0 Å². The molecule has 1 heterocycles. The number of aromatic nitrogens is 2. The number of nitrogens with one attached hydrogen (secondary N) is 1. The molecule has 0 atom stereocenters. The van der Waals surface area contributed by atoms with Crippen LogP contribution in [0.4, 0.5) is 5.82 Å². The second-order valence-electron chi connectivity index (χ2n) is 4.82. The highest BCUT2D eigenvalue weighted by atomic mass is 79.9. The van der Waals surface area contributed by atoms with E-state index in [4.69, 9.17) is 4.98 Å². The van der Waals surface area contributed by atoms with Crippen molar-refractivity contribution in [2.75, 3.05) is 17.6 Å². The summed E-state index contributed by atoms with van der Waals surface area (Å²) in [5, 5.41) is 3.38. The molecule has 1 aromatic rings. The quantitative estimate of drug-likeness (QED) is 0.685. The van der Waals surface area contributed by atoms with Crippen molar-refractivity contribution in [3.63, 3.8) is 0 Å². The number of nitrogens with zero attached hydrogens (tertiary/aromatic N) is 2. The molecule has 1 rings (SSSR count). The molecular weight excluding hydrogens is 322 g/mol. The van der Waals surface area contributed by atoms with E-state index in [2.05, 4.69) is 53.9 Å². The summed E-state index contributed by atoms with van der Waals surface area (Å²) >= 11 is 5.53. The molecule has 0 amide bonds. The van der Waals surface area contributed by atoms with Crippen molar-refractivity contribution >= 4 is 33.5 Å². The Hall–Kier alpha value is -0.290. The highest BCUT2D eigenvalue weighted by Crippen LogP contribution is 2.29. The van der Waals surface area contributed by atoms with Gasteiger partial charge in [0.15, 0.2) is 0 Å². The molecular formula is C14H24BrN3S. The molecule has 0 saturated carbocycles. The van der Waals surface area contributed by atoms with Crippen LogP contribution in [-0.2, 0) is 5.75 Å². The van der Waals surface area contributed by atoms with Gasteiger partial charge in [0.25, 0.3) is 0 Å². The first-order valence-electron chi connectivity index (χ1n) is 6.98. The van der Waals surface area contributed by atoms with Crippen LogP contribution in [0.25, 0.3) is 0 Å². The van der Waals surface area contributed by atoms with Crippen LogP contribution in [-0.4, -0.2) is 22.3 Å². The smallest absolute Gasteiger partial charge is 0.144 e. The molecule has 5 heteroatoms. The van der Waals surface area contributed by atoms with Crippen molar-refractivity contribution in [3.05, 3.63) is 16.0 Å². The summed E-state index contributed by atoms with van der Waals surface area (Å²) < 4.78 is 1.01. The van der Waals surface area contributed by atoms with E-state index in [9.17, 15) is 0 Å². The van der Waals surface area contributed by atoms with Gasteiger partial charge < -0.3 is 5.32 Å². The fraction of sp³-hybridized carbons (Fsp3) is 0.714. The SMILES string of the molecule is CCCNc1nc(CSCCC)nc(C(C)C)c1Br. The first kappa shape index (κ1) is 16.8. The zero-order chi connectivity index (χ0) is 14.3. The van der Waals surface area contributed by atoms with Crippen LogP contribution >= 0.6 is 27.7 Å². The van der Waals surface area contributed by atoms with Crippen LogP contribution < -0.4 is 5.32 Å². The summed E-state index contributed by atoms with van der Waals surface area (Å²) in [4.78, 5) is 9.33. The van der Waals surface area contributed by atoms with Gasteiger partial charge in [-0.05, 0) is 40.4 Å². The Morgan fingerprint density at radius 3 is 2.53 bits per heavy atom. The van der Waals surface area contributed by atoms with Gasteiger partial charge in [0, 0.05) is 6.54 Å². The van der Waals surface area contributed by atoms with Crippen molar-refractivity contribution < 1.29 is 0 Å². The predicted octanol–water partition coefficient (Wildman–Crippen LogP) is 4.83. The molecule has 0 aliphatic heterocycles. The summed E-state index contributed by atoms with van der Waals surface area (Å²) in [7, 11) is 0. The Labute approximate surface area is 129 Å². The molecule has 0 spiro atoms. The summed E-state index contributed by atoms with van der Waals surface area (Å²) in [6, 6.07) is 0. The van der Waals surface area contributed by atoms with E-state index < -0.39 is 0 Å². The second-order valence-corrected chi connectivity index (χ2v) is 6.72. The average molecular weight is 346 g/mol. The number of halogens is 1. The maximum Gasteiger partial charge on any atom is 0.144 e. The topological polar surface area (TPSA) is 37.8 Å². The van der Waals surface area contributed by atoms with Crippen LogP contribution in [0.15, 0.2) is 4.47 Å². The van der Waals surface area contributed by atoms with Gasteiger partial charge >= 0.3 is 0 Å². The van der Waals surface area contributed by atoms with Crippen LogP contribution in [0.5, 0.6) is 0 Å². The molecule has 0 aliphatic carbocycles. The zero-order valence-corrected chi connectivity index (χ0v) is 14.7. The van der Waals surface area contributed by atoms with Crippen LogP contribution in [0.1, 0.15) is 58.0 Å². The fourth-order valence-electron chi connectivity index (χ4n) is 1.63. The Morgan fingerprint density at radius 2 is 1.95 bits per heavy atom. The molecule has 0 bridgehead atoms. The van der Waals surface area contributed by atoms with Crippen molar-refractivity contribution in [2.45, 2.75) is 52.2 Å². The van der Waals surface area contributed by atoms with Gasteiger partial charge in [-0.15, -0.1) is 0 Å². The maximum atomic E-state index is 4.69. The predicted molar refractivity (Wildman–Crippen MR) is 89.1 cm³/mol. The van der Waals surface area contributed by atoms with Gasteiger partial charge in [0.2, 0.25) is 0 Å². The first-order chi connectivity index (χ1) is 9.10. The van der Waals surface area contributed by atoms with E-state index in [0.29, 0.717) is 5.92 Å². The number of hydrogen-bond donors (Lipinski definition) is 1. The van der Waals surface area contributed by atoms with Crippen molar-refractivity contribution in [2.24, 2.45) is 0 Å². The Balaban J connectivity index is 2.94. The number of anilines is 1. The molecule has 1 N–H and O–H groups in total. The van der Waals surface area contributed by atoms with E-state index >= 15 is 0 Å². The van der Waals surface area contributed by atoms with Gasteiger partial charge in [-0.1, -0.05) is 27.7 Å². The van der Waals surface area contributed by atoms with Crippen LogP contribution in [0.2, 0.25) is 0 Å². The highest BCUT2D eigenvalue weighted by Gasteiger charge is 2.14. The normalized spacial score (nSPS) is 11.1. The minimum absolute atomic E-state index is 0.398. The summed E-state index contributed by atoms with van der Waals surface area (Å²) in [5.41, 5.74) is 1.10. The van der Waals surface area contributed by atoms with Crippen molar-refractivity contribution in [1.82, 2.24) is 9.97 Å². The highest BCUT2D eigenvalue weighted by molar-refractivity contribution is 9.10. The van der Waals surface area contributed by atoms with Crippen LogP contribution in [0.3, 0.4) is 0 Å². The van der Waals surface area contributed by atoms with E-state index in [1.807, 2.05) is 11.8 Å². The van der Waals surface area contributed by atoms with E-state index in [1.54, 1.807) is 0 Å². The van der Waals surface area contributed by atoms with Gasteiger partial charge in [0.05, 0.1) is 15.9 Å². The number of hydrogen-bond acceptors (Lipinski definition) is 4. The fourth-order valence-corrected chi connectivity index (χ4v) is 3.15. The average Bonchev–Trinajstić information content (AvgIpc) is 2.38. The largest absolute Gasteiger partial charge is 0.369 e.